The van der Waals surface area contributed by atoms with Gasteiger partial charge in [0.05, 0.1) is 13.7 Å². The first-order chi connectivity index (χ1) is 8.82. The van der Waals surface area contributed by atoms with Gasteiger partial charge in [-0.05, 0) is 26.7 Å². The van der Waals surface area contributed by atoms with Gasteiger partial charge in [-0.2, -0.15) is 0 Å². The monoisotopic (exact) mass is 268 g/mol. The number of carbonyl (C=O) groups excluding carboxylic acids is 2. The van der Waals surface area contributed by atoms with Gasteiger partial charge in [0, 0.05) is 11.1 Å². The molecule has 5 heteroatoms. The highest BCUT2D eigenvalue weighted by molar-refractivity contribution is 5.87. The standard InChI is InChI=1S/C9H12O3.C5H8O2/c1-6(2)8(10)12-9(3-4-9)7-5-11-7;1-4(2)5(6)7-3/h7H,1,3-5H2,2H3;1H2,2-3H3. The molecular weight excluding hydrogens is 248 g/mol. The minimum atomic E-state index is -0.347. The van der Waals surface area contributed by atoms with Gasteiger partial charge < -0.3 is 14.2 Å². The van der Waals surface area contributed by atoms with Gasteiger partial charge in [-0.3, -0.25) is 0 Å². The number of esters is 2. The van der Waals surface area contributed by atoms with E-state index in [0.717, 1.165) is 19.4 Å². The fourth-order valence-electron chi connectivity index (χ4n) is 1.41. The van der Waals surface area contributed by atoms with Crippen LogP contribution in [0.15, 0.2) is 24.3 Å². The molecule has 2 rings (SSSR count). The molecule has 1 saturated carbocycles. The number of epoxide rings is 1. The average Bonchev–Trinajstić information content (AvgIpc) is 3.20. The minimum absolute atomic E-state index is 0.167. The van der Waals surface area contributed by atoms with E-state index >= 15 is 0 Å². The van der Waals surface area contributed by atoms with E-state index in [2.05, 4.69) is 17.9 Å². The van der Waals surface area contributed by atoms with E-state index in [4.69, 9.17) is 9.47 Å². The van der Waals surface area contributed by atoms with E-state index in [1.807, 2.05) is 0 Å². The Balaban J connectivity index is 0.000000224. The summed E-state index contributed by atoms with van der Waals surface area (Å²) in [4.78, 5) is 21.3. The third-order valence-electron chi connectivity index (χ3n) is 2.84. The quantitative estimate of drug-likeness (QED) is 0.441. The van der Waals surface area contributed by atoms with Gasteiger partial charge in [0.1, 0.15) is 11.7 Å². The molecule has 1 aliphatic heterocycles. The summed E-state index contributed by atoms with van der Waals surface area (Å²) in [7, 11) is 1.33. The Morgan fingerprint density at radius 2 is 1.63 bits per heavy atom. The van der Waals surface area contributed by atoms with Crippen LogP contribution in [0.3, 0.4) is 0 Å². The van der Waals surface area contributed by atoms with Crippen LogP contribution in [0, 0.1) is 0 Å². The maximum atomic E-state index is 11.2. The Morgan fingerprint density at radius 3 is 1.84 bits per heavy atom. The molecule has 106 valence electrons. The fourth-order valence-corrected chi connectivity index (χ4v) is 1.41. The summed E-state index contributed by atoms with van der Waals surface area (Å²) in [6, 6.07) is 0. The number of rotatable bonds is 4. The lowest BCUT2D eigenvalue weighted by Gasteiger charge is -2.13. The number of methoxy groups -OCH3 is 1. The SMILES string of the molecule is C=C(C)C(=O)OC.C=C(C)C(=O)OC1(C2CO2)CC1. The fraction of sp³-hybridized carbons (Fsp3) is 0.571. The zero-order valence-electron chi connectivity index (χ0n) is 11.7. The molecule has 2 fully saturated rings. The van der Waals surface area contributed by atoms with Gasteiger partial charge in [-0.1, -0.05) is 13.2 Å². The van der Waals surface area contributed by atoms with Crippen LogP contribution in [0.1, 0.15) is 26.7 Å². The molecule has 2 aliphatic rings. The predicted molar refractivity (Wildman–Crippen MR) is 69.4 cm³/mol. The highest BCUT2D eigenvalue weighted by atomic mass is 16.6. The van der Waals surface area contributed by atoms with Crippen molar-refractivity contribution in [2.45, 2.75) is 38.4 Å². The van der Waals surface area contributed by atoms with Gasteiger partial charge in [0.2, 0.25) is 0 Å². The van der Waals surface area contributed by atoms with Crippen molar-refractivity contribution >= 4 is 11.9 Å². The highest BCUT2D eigenvalue weighted by Crippen LogP contribution is 2.48. The molecule has 1 atom stereocenters. The summed E-state index contributed by atoms with van der Waals surface area (Å²) < 4.78 is 14.7. The van der Waals surface area contributed by atoms with Crippen LogP contribution in [0.25, 0.3) is 0 Å². The lowest BCUT2D eigenvalue weighted by Crippen LogP contribution is -2.25. The van der Waals surface area contributed by atoms with Crippen molar-refractivity contribution in [1.82, 2.24) is 0 Å². The van der Waals surface area contributed by atoms with Gasteiger partial charge in [0.25, 0.3) is 0 Å². The van der Waals surface area contributed by atoms with E-state index in [9.17, 15) is 9.59 Å². The Morgan fingerprint density at radius 1 is 1.16 bits per heavy atom. The van der Waals surface area contributed by atoms with Gasteiger partial charge in [0.15, 0.2) is 0 Å². The molecule has 5 nitrogen and oxygen atoms in total. The third-order valence-corrected chi connectivity index (χ3v) is 2.84. The van der Waals surface area contributed by atoms with E-state index in [-0.39, 0.29) is 23.6 Å². The molecule has 1 saturated heterocycles. The minimum Gasteiger partial charge on any atom is -0.466 e. The second kappa shape index (κ2) is 6.02. The first kappa shape index (κ1) is 15.4. The number of carbonyl (C=O) groups is 2. The number of hydrogen-bond acceptors (Lipinski definition) is 5. The van der Waals surface area contributed by atoms with Crippen LogP contribution in [-0.4, -0.2) is 37.4 Å². The van der Waals surface area contributed by atoms with E-state index < -0.39 is 0 Å². The molecule has 1 unspecified atom stereocenters. The maximum absolute atomic E-state index is 11.2. The summed E-state index contributed by atoms with van der Waals surface area (Å²) in [5.74, 6) is -0.636. The molecule has 0 radical (unpaired) electrons. The molecule has 19 heavy (non-hydrogen) atoms. The molecule has 0 aromatic rings. The zero-order valence-corrected chi connectivity index (χ0v) is 11.7. The number of ether oxygens (including phenoxy) is 3. The Labute approximate surface area is 113 Å². The highest BCUT2D eigenvalue weighted by Gasteiger charge is 2.59. The largest absolute Gasteiger partial charge is 0.466 e. The molecular formula is C14H20O5. The van der Waals surface area contributed by atoms with Crippen LogP contribution in [0.4, 0.5) is 0 Å². The second-order valence-electron chi connectivity index (χ2n) is 4.83. The van der Waals surface area contributed by atoms with Gasteiger partial charge in [-0.15, -0.1) is 0 Å². The van der Waals surface area contributed by atoms with E-state index in [1.165, 1.54) is 7.11 Å². The lowest BCUT2D eigenvalue weighted by atomic mass is 10.2. The summed E-state index contributed by atoms with van der Waals surface area (Å²) in [5.41, 5.74) is 0.625. The second-order valence-corrected chi connectivity index (χ2v) is 4.83. The third kappa shape index (κ3) is 4.52. The summed E-state index contributed by atoms with van der Waals surface area (Å²) in [5, 5.41) is 0. The Hall–Kier alpha value is -1.62. The van der Waals surface area contributed by atoms with Crippen LogP contribution in [0.5, 0.6) is 0 Å². The van der Waals surface area contributed by atoms with Gasteiger partial charge in [-0.25, -0.2) is 9.59 Å². The molecule has 0 spiro atoms. The van der Waals surface area contributed by atoms with Crippen LogP contribution in [-0.2, 0) is 23.8 Å². The van der Waals surface area contributed by atoms with Crippen molar-refractivity contribution in [3.8, 4) is 0 Å². The Bertz CT molecular complexity index is 402. The Kier molecular flexibility index (Phi) is 4.89. The first-order valence-electron chi connectivity index (χ1n) is 6.06. The van der Waals surface area contributed by atoms with Crippen molar-refractivity contribution in [3.05, 3.63) is 24.3 Å². The van der Waals surface area contributed by atoms with Gasteiger partial charge >= 0.3 is 11.9 Å². The molecule has 1 aliphatic carbocycles. The normalized spacial score (nSPS) is 21.3. The lowest BCUT2D eigenvalue weighted by molar-refractivity contribution is -0.147. The van der Waals surface area contributed by atoms with Crippen LogP contribution < -0.4 is 0 Å². The predicted octanol–water partition coefficient (Wildman–Crippen LogP) is 1.77. The molecule has 0 aromatic heterocycles. The topological polar surface area (TPSA) is 65.1 Å². The molecule has 0 amide bonds. The van der Waals surface area contributed by atoms with Crippen molar-refractivity contribution < 1.29 is 23.8 Å². The zero-order chi connectivity index (χ0) is 14.6. The van der Waals surface area contributed by atoms with E-state index in [1.54, 1.807) is 13.8 Å². The smallest absolute Gasteiger partial charge is 0.333 e. The van der Waals surface area contributed by atoms with Crippen molar-refractivity contribution in [3.63, 3.8) is 0 Å². The molecule has 0 bridgehead atoms. The number of hydrogen-bond donors (Lipinski definition) is 0. The molecule has 0 N–H and O–H groups in total. The molecule has 1 heterocycles. The average molecular weight is 268 g/mol. The van der Waals surface area contributed by atoms with Crippen LogP contribution >= 0.6 is 0 Å². The first-order valence-corrected chi connectivity index (χ1v) is 6.06. The van der Waals surface area contributed by atoms with Crippen molar-refractivity contribution in [2.75, 3.05) is 13.7 Å². The maximum Gasteiger partial charge on any atom is 0.333 e. The summed E-state index contributed by atoms with van der Waals surface area (Å²) >= 11 is 0. The molecule has 0 aromatic carbocycles. The van der Waals surface area contributed by atoms with Crippen LogP contribution in [0.2, 0.25) is 0 Å². The summed E-state index contributed by atoms with van der Waals surface area (Å²) in [6.45, 7) is 10.9. The van der Waals surface area contributed by atoms with Crippen molar-refractivity contribution in [1.29, 1.82) is 0 Å². The van der Waals surface area contributed by atoms with Crippen molar-refractivity contribution in [2.24, 2.45) is 0 Å². The summed E-state index contributed by atoms with van der Waals surface area (Å²) in [6.07, 6.45) is 2.05. The van der Waals surface area contributed by atoms with E-state index in [0.29, 0.717) is 11.1 Å².